The third kappa shape index (κ3) is 7.85. The summed E-state index contributed by atoms with van der Waals surface area (Å²) in [5.74, 6) is 0.534. The van der Waals surface area contributed by atoms with E-state index in [1.54, 1.807) is 17.4 Å². The first kappa shape index (κ1) is 37.0. The maximum atomic E-state index is 14.4. The number of rotatable bonds is 6. The van der Waals surface area contributed by atoms with E-state index in [1.807, 2.05) is 60.9 Å². The van der Waals surface area contributed by atoms with Crippen LogP contribution in [0.2, 0.25) is 19.6 Å². The molecule has 6 heteroatoms. The van der Waals surface area contributed by atoms with Crippen LogP contribution in [0.25, 0.3) is 53.8 Å². The van der Waals surface area contributed by atoms with Gasteiger partial charge < -0.3 is 9.97 Å². The Kier molecular flexibility index (Phi) is 11.2. The molecule has 0 spiro atoms. The second kappa shape index (κ2) is 15.4. The second-order valence-electron chi connectivity index (χ2n) is 15.0. The van der Waals surface area contributed by atoms with Crippen molar-refractivity contribution in [1.29, 1.82) is 0 Å². The summed E-state index contributed by atoms with van der Waals surface area (Å²) in [5.41, 5.74) is 7.13. The predicted molar refractivity (Wildman–Crippen MR) is 213 cm³/mol. The van der Waals surface area contributed by atoms with Gasteiger partial charge >= 0.3 is 0 Å². The van der Waals surface area contributed by atoms with Crippen molar-refractivity contribution < 1.29 is 24.5 Å². The minimum atomic E-state index is -1.23. The molecule has 2 nitrogen and oxygen atoms in total. The standard InChI is InChI=1S/C31H27FNS.C14H16NSi.Ir/c1-31(2,21-8-3-4-9-21)22-16-17-33-28(19-22)26-12-7-11-25-24-15-14-20(18-29(24)34-30(25)26)23-10-5-6-13-27(23)32;1-16(2,3)13-9-10-14(15-11-13)12-7-5-4-6-8-12;/h5-7,10-11,13-19,21H,3-4,8-9H2,1-2H3;4-7,9-11H,1-3H3;/q2*-1;. The van der Waals surface area contributed by atoms with E-state index in [4.69, 9.17) is 4.98 Å². The maximum absolute atomic E-state index is 14.4. The molecule has 0 aliphatic heterocycles. The topological polar surface area (TPSA) is 25.8 Å². The van der Waals surface area contributed by atoms with Gasteiger partial charge in [0.1, 0.15) is 5.82 Å². The van der Waals surface area contributed by atoms with E-state index in [0.717, 1.165) is 38.7 Å². The van der Waals surface area contributed by atoms with Crippen LogP contribution in [-0.4, -0.2) is 18.0 Å². The van der Waals surface area contributed by atoms with Gasteiger partial charge in [0.15, 0.2) is 0 Å². The molecule has 0 amide bonds. The molecule has 8 rings (SSSR count). The fourth-order valence-electron chi connectivity index (χ4n) is 7.20. The monoisotopic (exact) mass is 883 g/mol. The first-order valence-electron chi connectivity index (χ1n) is 17.6. The first-order valence-corrected chi connectivity index (χ1v) is 21.9. The SMILES string of the molecule is CC(C)(c1ccnc(-c2[c-]ccc3c2sc2cc(-c4ccccc4F)ccc23)c1)C1CCCC1.C[Si](C)(C)c1ccc(-c2[c-]cccc2)nc1.[Ir]. The molecule has 0 bridgehead atoms. The summed E-state index contributed by atoms with van der Waals surface area (Å²) < 4.78 is 16.7. The summed E-state index contributed by atoms with van der Waals surface area (Å²) in [7, 11) is -1.23. The maximum Gasteiger partial charge on any atom is 0.131 e. The Hall–Kier alpha value is -3.80. The first-order chi connectivity index (χ1) is 24.1. The quantitative estimate of drug-likeness (QED) is 0.123. The van der Waals surface area contributed by atoms with Crippen molar-refractivity contribution in [3.8, 4) is 33.6 Å². The fraction of sp³-hybridized carbons (Fsp3) is 0.244. The minimum Gasteiger partial charge on any atom is -0.305 e. The molecule has 0 atom stereocenters. The zero-order chi connectivity index (χ0) is 34.9. The van der Waals surface area contributed by atoms with Gasteiger partial charge in [-0.25, -0.2) is 4.39 Å². The second-order valence-corrected chi connectivity index (χ2v) is 21.1. The number of aromatic nitrogens is 2. The zero-order valence-electron chi connectivity index (χ0n) is 29.9. The number of pyridine rings is 2. The molecule has 1 aliphatic carbocycles. The number of hydrogen-bond donors (Lipinski definition) is 0. The van der Waals surface area contributed by atoms with Gasteiger partial charge in [-0.3, -0.25) is 0 Å². The van der Waals surface area contributed by atoms with Crippen LogP contribution >= 0.6 is 11.3 Å². The largest absolute Gasteiger partial charge is 0.305 e. The van der Waals surface area contributed by atoms with Crippen LogP contribution < -0.4 is 5.19 Å². The normalized spacial score (nSPS) is 13.5. The van der Waals surface area contributed by atoms with Crippen molar-refractivity contribution in [1.82, 2.24) is 9.97 Å². The molecular weight excluding hydrogens is 840 g/mol. The number of hydrogen-bond acceptors (Lipinski definition) is 3. The molecule has 3 aromatic heterocycles. The molecule has 1 saturated carbocycles. The van der Waals surface area contributed by atoms with Crippen molar-refractivity contribution in [2.45, 2.75) is 64.6 Å². The van der Waals surface area contributed by atoms with Gasteiger partial charge in [-0.2, -0.15) is 11.3 Å². The van der Waals surface area contributed by atoms with E-state index in [-0.39, 0.29) is 31.3 Å². The van der Waals surface area contributed by atoms with E-state index in [2.05, 4.69) is 93.1 Å². The summed E-state index contributed by atoms with van der Waals surface area (Å²) in [6.07, 6.45) is 9.28. The van der Waals surface area contributed by atoms with E-state index in [1.165, 1.54) is 58.0 Å². The molecule has 0 saturated heterocycles. The smallest absolute Gasteiger partial charge is 0.131 e. The van der Waals surface area contributed by atoms with Crippen LogP contribution in [0.4, 0.5) is 4.39 Å². The molecule has 261 valence electrons. The van der Waals surface area contributed by atoms with Gasteiger partial charge in [0.25, 0.3) is 0 Å². The Bertz CT molecular complexity index is 2250. The minimum absolute atomic E-state index is 0. The van der Waals surface area contributed by atoms with Gasteiger partial charge in [0.05, 0.1) is 8.07 Å². The number of nitrogens with zero attached hydrogens (tertiary/aromatic N) is 2. The van der Waals surface area contributed by atoms with Crippen LogP contribution in [0, 0.1) is 23.9 Å². The van der Waals surface area contributed by atoms with E-state index >= 15 is 0 Å². The number of halogens is 1. The van der Waals surface area contributed by atoms with Gasteiger partial charge in [0.2, 0.25) is 0 Å². The average molecular weight is 883 g/mol. The van der Waals surface area contributed by atoms with Crippen molar-refractivity contribution in [2.75, 3.05) is 0 Å². The summed E-state index contributed by atoms with van der Waals surface area (Å²) in [4.78, 5) is 9.29. The Morgan fingerprint density at radius 1 is 0.784 bits per heavy atom. The number of benzene rings is 4. The molecule has 4 aromatic carbocycles. The summed E-state index contributed by atoms with van der Waals surface area (Å²) >= 11 is 1.74. The number of fused-ring (bicyclic) bond motifs is 3. The van der Waals surface area contributed by atoms with Gasteiger partial charge in [-0.05, 0) is 80.2 Å². The van der Waals surface area contributed by atoms with Crippen molar-refractivity contribution in [3.05, 3.63) is 139 Å². The molecular formula is C45H43FIrN2SSi-2. The summed E-state index contributed by atoms with van der Waals surface area (Å²) in [6.45, 7) is 11.8. The third-order valence-corrected chi connectivity index (χ3v) is 13.6. The molecule has 1 aliphatic rings. The Morgan fingerprint density at radius 2 is 1.57 bits per heavy atom. The van der Waals surface area contributed by atoms with E-state index < -0.39 is 8.07 Å². The van der Waals surface area contributed by atoms with Crippen LogP contribution in [0.3, 0.4) is 0 Å². The Morgan fingerprint density at radius 3 is 2.27 bits per heavy atom. The van der Waals surface area contributed by atoms with Crippen molar-refractivity contribution in [2.24, 2.45) is 5.92 Å². The molecule has 51 heavy (non-hydrogen) atoms. The molecule has 0 N–H and O–H groups in total. The Balaban J connectivity index is 0.000000222. The molecule has 0 unspecified atom stereocenters. The summed E-state index contributed by atoms with van der Waals surface area (Å²) in [5, 5.41) is 3.79. The van der Waals surface area contributed by atoms with Crippen molar-refractivity contribution in [3.63, 3.8) is 0 Å². The summed E-state index contributed by atoms with van der Waals surface area (Å²) in [6, 6.07) is 40.7. The molecule has 1 radical (unpaired) electrons. The fourth-order valence-corrected chi connectivity index (χ4v) is 9.48. The Labute approximate surface area is 320 Å². The van der Waals surface area contributed by atoms with Crippen LogP contribution in [0.1, 0.15) is 45.1 Å². The number of thiophene rings is 1. The molecule has 3 heterocycles. The van der Waals surface area contributed by atoms with Crippen LogP contribution in [0.15, 0.2) is 116 Å². The average Bonchev–Trinajstić information content (AvgIpc) is 3.82. The molecule has 7 aromatic rings. The van der Waals surface area contributed by atoms with Gasteiger partial charge in [-0.15, -0.1) is 59.7 Å². The predicted octanol–water partition coefficient (Wildman–Crippen LogP) is 12.3. The van der Waals surface area contributed by atoms with Gasteiger partial charge in [0, 0.05) is 42.8 Å². The van der Waals surface area contributed by atoms with E-state index in [0.29, 0.717) is 5.56 Å². The van der Waals surface area contributed by atoms with Gasteiger partial charge in [-0.1, -0.05) is 100 Å². The zero-order valence-corrected chi connectivity index (χ0v) is 34.1. The van der Waals surface area contributed by atoms with Crippen LogP contribution in [0.5, 0.6) is 0 Å². The van der Waals surface area contributed by atoms with E-state index in [9.17, 15) is 4.39 Å². The molecule has 1 fully saturated rings. The van der Waals surface area contributed by atoms with Crippen LogP contribution in [-0.2, 0) is 25.5 Å². The van der Waals surface area contributed by atoms with Crippen molar-refractivity contribution >= 4 is 44.8 Å². The third-order valence-electron chi connectivity index (χ3n) is 10.4.